The fraction of sp³-hybridized carbons (Fsp3) is 1.00. The Morgan fingerprint density at radius 1 is 1.29 bits per heavy atom. The second-order valence-electron chi connectivity index (χ2n) is 5.86. The lowest BCUT2D eigenvalue weighted by molar-refractivity contribution is 0.0274. The summed E-state index contributed by atoms with van der Waals surface area (Å²) < 4.78 is 6.28. The third kappa shape index (κ3) is 2.57. The SMILES string of the molecule is CC(C)(C)[Si](C)(C)OC1(CON)CC1. The van der Waals surface area contributed by atoms with Crippen molar-refractivity contribution in [3.8, 4) is 0 Å². The predicted octanol–water partition coefficient (Wildman–Crippen LogP) is 2.43. The van der Waals surface area contributed by atoms with Gasteiger partial charge in [0.1, 0.15) is 0 Å². The minimum absolute atomic E-state index is 0.0439. The molecule has 2 N–H and O–H groups in total. The van der Waals surface area contributed by atoms with E-state index in [-0.39, 0.29) is 10.6 Å². The van der Waals surface area contributed by atoms with Crippen LogP contribution in [0.5, 0.6) is 0 Å². The molecule has 14 heavy (non-hydrogen) atoms. The lowest BCUT2D eigenvalue weighted by Gasteiger charge is -2.39. The number of nitrogens with two attached hydrogens (primary N) is 1. The van der Waals surface area contributed by atoms with Crippen LogP contribution in [0.4, 0.5) is 0 Å². The molecule has 84 valence electrons. The highest BCUT2D eigenvalue weighted by Crippen LogP contribution is 2.47. The molecule has 0 aliphatic heterocycles. The van der Waals surface area contributed by atoms with Crippen LogP contribution in [0.2, 0.25) is 18.1 Å². The Hall–Kier alpha value is 0.0969. The van der Waals surface area contributed by atoms with E-state index >= 15 is 0 Å². The average molecular weight is 217 g/mol. The molecule has 1 rings (SSSR count). The fourth-order valence-corrected chi connectivity index (χ4v) is 2.91. The summed E-state index contributed by atoms with van der Waals surface area (Å²) in [4.78, 5) is 4.72. The average Bonchev–Trinajstić information content (AvgIpc) is 2.65. The summed E-state index contributed by atoms with van der Waals surface area (Å²) in [5.74, 6) is 5.12. The summed E-state index contributed by atoms with van der Waals surface area (Å²) >= 11 is 0. The molecule has 0 unspecified atom stereocenters. The van der Waals surface area contributed by atoms with Gasteiger partial charge >= 0.3 is 0 Å². The van der Waals surface area contributed by atoms with Crippen LogP contribution in [-0.2, 0) is 9.26 Å². The van der Waals surface area contributed by atoms with Crippen LogP contribution in [0, 0.1) is 0 Å². The standard InChI is InChI=1S/C10H23NO2Si/c1-9(2,3)14(4,5)13-10(6-7-10)8-12-11/h6-8,11H2,1-5H3. The maximum absolute atomic E-state index is 6.28. The first-order chi connectivity index (χ1) is 6.22. The quantitative estimate of drug-likeness (QED) is 0.581. The van der Waals surface area contributed by atoms with Crippen LogP contribution in [-0.4, -0.2) is 20.5 Å². The molecule has 0 amide bonds. The minimum atomic E-state index is -1.65. The van der Waals surface area contributed by atoms with Crippen LogP contribution in [0.1, 0.15) is 33.6 Å². The molecule has 1 saturated carbocycles. The Kier molecular flexibility index (Phi) is 3.12. The van der Waals surface area contributed by atoms with E-state index in [2.05, 4.69) is 33.9 Å². The van der Waals surface area contributed by atoms with Crippen LogP contribution in [0.25, 0.3) is 0 Å². The highest BCUT2D eigenvalue weighted by molar-refractivity contribution is 6.74. The Morgan fingerprint density at radius 2 is 1.79 bits per heavy atom. The minimum Gasteiger partial charge on any atom is -0.409 e. The Balaban J connectivity index is 2.59. The van der Waals surface area contributed by atoms with Gasteiger partial charge in [0.15, 0.2) is 8.32 Å². The third-order valence-corrected chi connectivity index (χ3v) is 7.99. The van der Waals surface area contributed by atoms with E-state index in [0.717, 1.165) is 12.8 Å². The molecule has 0 spiro atoms. The molecule has 1 aliphatic rings. The summed E-state index contributed by atoms with van der Waals surface area (Å²) in [7, 11) is -1.65. The van der Waals surface area contributed by atoms with Gasteiger partial charge in [-0.15, -0.1) is 0 Å². The molecule has 4 heteroatoms. The van der Waals surface area contributed by atoms with Crippen LogP contribution in [0.15, 0.2) is 0 Å². The normalized spacial score (nSPS) is 21.0. The van der Waals surface area contributed by atoms with E-state index in [1.165, 1.54) is 0 Å². The maximum Gasteiger partial charge on any atom is 0.192 e. The van der Waals surface area contributed by atoms with Gasteiger partial charge in [-0.3, -0.25) is 0 Å². The largest absolute Gasteiger partial charge is 0.409 e. The molecular weight excluding hydrogens is 194 g/mol. The van der Waals surface area contributed by atoms with Crippen LogP contribution >= 0.6 is 0 Å². The molecule has 1 aliphatic carbocycles. The molecule has 0 radical (unpaired) electrons. The molecular formula is C10H23NO2Si. The van der Waals surface area contributed by atoms with Gasteiger partial charge < -0.3 is 9.26 Å². The molecule has 1 fully saturated rings. The van der Waals surface area contributed by atoms with Gasteiger partial charge in [-0.2, -0.15) is 0 Å². The molecule has 0 aromatic rings. The Bertz CT molecular complexity index is 207. The first-order valence-corrected chi connectivity index (χ1v) is 8.15. The van der Waals surface area contributed by atoms with Crippen molar-refractivity contribution in [2.45, 2.75) is 57.3 Å². The molecule has 0 saturated heterocycles. The molecule has 0 aromatic heterocycles. The van der Waals surface area contributed by atoms with Crippen molar-refractivity contribution >= 4 is 8.32 Å². The smallest absolute Gasteiger partial charge is 0.192 e. The van der Waals surface area contributed by atoms with Crippen molar-refractivity contribution < 1.29 is 9.26 Å². The number of hydrogen-bond donors (Lipinski definition) is 1. The molecule has 3 nitrogen and oxygen atoms in total. The van der Waals surface area contributed by atoms with Gasteiger partial charge in [-0.05, 0) is 31.0 Å². The summed E-state index contributed by atoms with van der Waals surface area (Å²) in [5, 5.41) is 0.261. The van der Waals surface area contributed by atoms with Gasteiger partial charge in [0, 0.05) is 0 Å². The fourth-order valence-electron chi connectivity index (χ4n) is 1.26. The maximum atomic E-state index is 6.28. The summed E-state index contributed by atoms with van der Waals surface area (Å²) in [6.45, 7) is 11.8. The van der Waals surface area contributed by atoms with Crippen LogP contribution < -0.4 is 5.90 Å². The zero-order valence-electron chi connectivity index (χ0n) is 10.0. The summed E-state index contributed by atoms with van der Waals surface area (Å²) in [6.07, 6.45) is 2.19. The zero-order chi connectivity index (χ0) is 11.0. The van der Waals surface area contributed by atoms with Crippen molar-refractivity contribution in [2.75, 3.05) is 6.61 Å². The first-order valence-electron chi connectivity index (χ1n) is 5.24. The first kappa shape index (κ1) is 12.2. The van der Waals surface area contributed by atoms with Gasteiger partial charge in [-0.1, -0.05) is 20.8 Å². The van der Waals surface area contributed by atoms with E-state index in [9.17, 15) is 0 Å². The predicted molar refractivity (Wildman–Crippen MR) is 60.4 cm³/mol. The van der Waals surface area contributed by atoms with Crippen molar-refractivity contribution in [3.05, 3.63) is 0 Å². The molecule has 0 aromatic carbocycles. The van der Waals surface area contributed by atoms with E-state index in [4.69, 9.17) is 15.2 Å². The van der Waals surface area contributed by atoms with E-state index in [0.29, 0.717) is 6.61 Å². The molecule has 0 heterocycles. The molecule has 0 bridgehead atoms. The lowest BCUT2D eigenvalue weighted by Crippen LogP contribution is -2.46. The monoisotopic (exact) mass is 217 g/mol. The number of rotatable bonds is 4. The topological polar surface area (TPSA) is 44.5 Å². The Labute approximate surface area is 88.0 Å². The highest BCUT2D eigenvalue weighted by Gasteiger charge is 2.51. The van der Waals surface area contributed by atoms with Crippen molar-refractivity contribution in [1.82, 2.24) is 0 Å². The van der Waals surface area contributed by atoms with Gasteiger partial charge in [0.05, 0.1) is 12.2 Å². The van der Waals surface area contributed by atoms with E-state index < -0.39 is 8.32 Å². The highest BCUT2D eigenvalue weighted by atomic mass is 28.4. The molecule has 0 atom stereocenters. The van der Waals surface area contributed by atoms with Crippen LogP contribution in [0.3, 0.4) is 0 Å². The van der Waals surface area contributed by atoms with E-state index in [1.54, 1.807) is 0 Å². The van der Waals surface area contributed by atoms with E-state index in [1.807, 2.05) is 0 Å². The summed E-state index contributed by atoms with van der Waals surface area (Å²) in [5.41, 5.74) is -0.0439. The number of hydrogen-bond acceptors (Lipinski definition) is 3. The lowest BCUT2D eigenvalue weighted by atomic mass is 10.2. The Morgan fingerprint density at radius 3 is 2.07 bits per heavy atom. The second-order valence-corrected chi connectivity index (χ2v) is 10.6. The third-order valence-electron chi connectivity index (χ3n) is 3.43. The zero-order valence-corrected chi connectivity index (χ0v) is 11.0. The van der Waals surface area contributed by atoms with Gasteiger partial charge in [0.2, 0.25) is 0 Å². The second kappa shape index (κ2) is 3.59. The van der Waals surface area contributed by atoms with Crippen molar-refractivity contribution in [1.29, 1.82) is 0 Å². The van der Waals surface area contributed by atoms with Gasteiger partial charge in [-0.25, -0.2) is 5.90 Å². The van der Waals surface area contributed by atoms with Crippen molar-refractivity contribution in [2.24, 2.45) is 5.90 Å². The van der Waals surface area contributed by atoms with Crippen molar-refractivity contribution in [3.63, 3.8) is 0 Å². The summed E-state index contributed by atoms with van der Waals surface area (Å²) in [6, 6.07) is 0. The van der Waals surface area contributed by atoms with Gasteiger partial charge in [0.25, 0.3) is 0 Å².